The number of fused-ring (bicyclic) bond motifs is 1. The number of aryl methyl sites for hydroxylation is 1. The fourth-order valence-electron chi connectivity index (χ4n) is 3.67. The first-order valence-electron chi connectivity index (χ1n) is 9.67. The van der Waals surface area contributed by atoms with E-state index in [9.17, 15) is 14.4 Å². The van der Waals surface area contributed by atoms with Crippen LogP contribution in [0.15, 0.2) is 63.0 Å². The number of carbonyl (C=O) groups excluding carboxylic acids is 2. The summed E-state index contributed by atoms with van der Waals surface area (Å²) in [7, 11) is 2.42. The summed E-state index contributed by atoms with van der Waals surface area (Å²) in [4.78, 5) is 38.8. The molecule has 0 amide bonds. The molecule has 32 heavy (non-hydrogen) atoms. The quantitative estimate of drug-likeness (QED) is 0.557. The lowest BCUT2D eigenvalue weighted by molar-refractivity contribution is -0.150. The van der Waals surface area contributed by atoms with Gasteiger partial charge in [-0.25, -0.2) is 9.80 Å². The van der Waals surface area contributed by atoms with Crippen molar-refractivity contribution in [2.75, 3.05) is 19.2 Å². The van der Waals surface area contributed by atoms with Crippen LogP contribution in [0.25, 0.3) is 11.0 Å². The average molecular weight is 455 g/mol. The Morgan fingerprint density at radius 1 is 1.06 bits per heavy atom. The maximum Gasteiger partial charge on any atom is 0.332 e. The number of halogens is 1. The first-order chi connectivity index (χ1) is 15.3. The predicted molar refractivity (Wildman–Crippen MR) is 119 cm³/mol. The molecule has 1 aliphatic rings. The standard InChI is InChI=1S/C23H19ClN2O6/c1-12-4-7-14(8-5-12)26-20(23(29)31-3)18(22(28)30-2)19(25-26)16-11-32-17-9-6-13(24)10-15(17)21(16)27/h4-11,18,20H,1-3H3/t18-,20-/m0/s1. The van der Waals surface area contributed by atoms with Crippen molar-refractivity contribution in [3.05, 3.63) is 75.1 Å². The van der Waals surface area contributed by atoms with Crippen molar-refractivity contribution in [2.24, 2.45) is 11.0 Å². The van der Waals surface area contributed by atoms with Crippen molar-refractivity contribution in [1.29, 1.82) is 0 Å². The zero-order chi connectivity index (χ0) is 23.0. The minimum atomic E-state index is -1.21. The number of hydrazone groups is 1. The molecule has 0 bridgehead atoms. The third-order valence-corrected chi connectivity index (χ3v) is 5.53. The van der Waals surface area contributed by atoms with E-state index in [0.29, 0.717) is 16.3 Å². The first-order valence-corrected chi connectivity index (χ1v) is 10.0. The van der Waals surface area contributed by atoms with Gasteiger partial charge in [-0.2, -0.15) is 5.10 Å². The molecule has 8 nitrogen and oxygen atoms in total. The van der Waals surface area contributed by atoms with Crippen LogP contribution < -0.4 is 10.4 Å². The van der Waals surface area contributed by atoms with Crippen molar-refractivity contribution in [3.8, 4) is 0 Å². The molecule has 0 fully saturated rings. The minimum absolute atomic E-state index is 0.0266. The van der Waals surface area contributed by atoms with Crippen LogP contribution in [0, 0.1) is 12.8 Å². The van der Waals surface area contributed by atoms with Gasteiger partial charge in [0.15, 0.2) is 6.04 Å². The van der Waals surface area contributed by atoms with E-state index >= 15 is 0 Å². The Morgan fingerprint density at radius 3 is 2.41 bits per heavy atom. The molecule has 3 aromatic rings. The maximum atomic E-state index is 13.3. The van der Waals surface area contributed by atoms with Crippen LogP contribution in [-0.2, 0) is 19.1 Å². The molecule has 0 radical (unpaired) electrons. The number of ether oxygens (including phenoxy) is 2. The topological polar surface area (TPSA) is 98.4 Å². The number of hydrogen-bond donors (Lipinski definition) is 0. The van der Waals surface area contributed by atoms with Crippen molar-refractivity contribution in [1.82, 2.24) is 0 Å². The van der Waals surface area contributed by atoms with Gasteiger partial charge in [0, 0.05) is 5.02 Å². The third-order valence-electron chi connectivity index (χ3n) is 5.30. The Bertz CT molecular complexity index is 1300. The van der Waals surface area contributed by atoms with Crippen LogP contribution in [0.1, 0.15) is 11.1 Å². The van der Waals surface area contributed by atoms with Gasteiger partial charge in [-0.1, -0.05) is 29.3 Å². The van der Waals surface area contributed by atoms with Crippen molar-refractivity contribution in [2.45, 2.75) is 13.0 Å². The van der Waals surface area contributed by atoms with Crippen molar-refractivity contribution >= 4 is 45.9 Å². The number of benzene rings is 2. The van der Waals surface area contributed by atoms with Crippen molar-refractivity contribution in [3.63, 3.8) is 0 Å². The molecule has 2 aromatic carbocycles. The molecule has 0 N–H and O–H groups in total. The second-order valence-corrected chi connectivity index (χ2v) is 7.69. The molecule has 0 saturated carbocycles. The van der Waals surface area contributed by atoms with Gasteiger partial charge in [0.2, 0.25) is 5.43 Å². The largest absolute Gasteiger partial charge is 0.468 e. The molecule has 9 heteroatoms. The summed E-state index contributed by atoms with van der Waals surface area (Å²) in [6, 6.07) is 10.7. The van der Waals surface area contributed by atoms with Gasteiger partial charge in [0.05, 0.1) is 36.6 Å². The van der Waals surface area contributed by atoms with E-state index in [0.717, 1.165) is 5.56 Å². The molecule has 0 unspecified atom stereocenters. The second kappa shape index (κ2) is 8.47. The molecule has 1 aliphatic heterocycles. The summed E-state index contributed by atoms with van der Waals surface area (Å²) >= 11 is 6.05. The maximum absolute atomic E-state index is 13.3. The Balaban J connectivity index is 1.94. The molecule has 0 spiro atoms. The number of rotatable bonds is 4. The Hall–Kier alpha value is -3.65. The van der Waals surface area contributed by atoms with Gasteiger partial charge >= 0.3 is 11.9 Å². The fourth-order valence-corrected chi connectivity index (χ4v) is 3.84. The lowest BCUT2D eigenvalue weighted by atomic mass is 9.91. The normalized spacial score (nSPS) is 17.9. The number of anilines is 1. The Kier molecular flexibility index (Phi) is 5.71. The van der Waals surface area contributed by atoms with E-state index in [2.05, 4.69) is 5.10 Å². The molecule has 2 heterocycles. The number of esters is 2. The number of methoxy groups -OCH3 is 2. The Labute approximate surface area is 188 Å². The predicted octanol–water partition coefficient (Wildman–Crippen LogP) is 3.31. The lowest BCUT2D eigenvalue weighted by Gasteiger charge is -2.24. The van der Waals surface area contributed by atoms with Crippen LogP contribution in [-0.4, -0.2) is 37.9 Å². The summed E-state index contributed by atoms with van der Waals surface area (Å²) in [5.41, 5.74) is 1.51. The highest BCUT2D eigenvalue weighted by Gasteiger charge is 2.49. The lowest BCUT2D eigenvalue weighted by Crippen LogP contribution is -2.45. The highest BCUT2D eigenvalue weighted by atomic mass is 35.5. The summed E-state index contributed by atoms with van der Waals surface area (Å²) in [6.45, 7) is 1.92. The van der Waals surface area contributed by atoms with E-state index in [4.69, 9.17) is 25.5 Å². The summed E-state index contributed by atoms with van der Waals surface area (Å²) in [5.74, 6) is -2.65. The summed E-state index contributed by atoms with van der Waals surface area (Å²) in [6.07, 6.45) is 1.22. The molecule has 0 aliphatic carbocycles. The SMILES string of the molecule is COC(=O)[C@H]1C(c2coc3ccc(Cl)cc3c2=O)=NN(c2ccc(C)cc2)[C@@H]1C(=O)OC. The smallest absolute Gasteiger partial charge is 0.332 e. The summed E-state index contributed by atoms with van der Waals surface area (Å²) < 4.78 is 15.5. The van der Waals surface area contributed by atoms with E-state index < -0.39 is 29.3 Å². The van der Waals surface area contributed by atoms with Crippen LogP contribution in [0.2, 0.25) is 5.02 Å². The van der Waals surface area contributed by atoms with E-state index in [1.807, 2.05) is 19.1 Å². The average Bonchev–Trinajstić information content (AvgIpc) is 3.19. The molecule has 2 atom stereocenters. The highest BCUT2D eigenvalue weighted by Crippen LogP contribution is 2.32. The molecule has 164 valence electrons. The monoisotopic (exact) mass is 454 g/mol. The third kappa shape index (κ3) is 3.62. The molecule has 0 saturated heterocycles. The molecule has 4 rings (SSSR count). The molecular weight excluding hydrogens is 436 g/mol. The van der Waals surface area contributed by atoms with E-state index in [1.165, 1.54) is 31.6 Å². The summed E-state index contributed by atoms with van der Waals surface area (Å²) in [5, 5.41) is 6.45. The van der Waals surface area contributed by atoms with Gasteiger partial charge in [0.25, 0.3) is 0 Å². The number of nitrogens with zero attached hydrogens (tertiary/aromatic N) is 2. The molecular formula is C23H19ClN2O6. The van der Waals surface area contributed by atoms with Gasteiger partial charge in [0.1, 0.15) is 17.8 Å². The first kappa shape index (κ1) is 21.6. The minimum Gasteiger partial charge on any atom is -0.468 e. The van der Waals surface area contributed by atoms with Crippen LogP contribution in [0.5, 0.6) is 0 Å². The van der Waals surface area contributed by atoms with Gasteiger partial charge in [-0.15, -0.1) is 0 Å². The van der Waals surface area contributed by atoms with Crippen molar-refractivity contribution < 1.29 is 23.5 Å². The van der Waals surface area contributed by atoms with Crippen LogP contribution in [0.3, 0.4) is 0 Å². The number of hydrogen-bond acceptors (Lipinski definition) is 8. The van der Waals surface area contributed by atoms with Gasteiger partial charge in [-0.05, 0) is 37.3 Å². The van der Waals surface area contributed by atoms with E-state index in [1.54, 1.807) is 24.3 Å². The Morgan fingerprint density at radius 2 is 1.75 bits per heavy atom. The van der Waals surface area contributed by atoms with Crippen LogP contribution >= 0.6 is 11.6 Å². The van der Waals surface area contributed by atoms with Gasteiger partial charge < -0.3 is 13.9 Å². The molecule has 1 aromatic heterocycles. The highest BCUT2D eigenvalue weighted by molar-refractivity contribution is 6.31. The fraction of sp³-hybridized carbons (Fsp3) is 0.217. The number of carbonyl (C=O) groups is 2. The van der Waals surface area contributed by atoms with Crippen LogP contribution in [0.4, 0.5) is 5.69 Å². The second-order valence-electron chi connectivity index (χ2n) is 7.25. The van der Waals surface area contributed by atoms with Gasteiger partial charge in [-0.3, -0.25) is 9.59 Å². The van der Waals surface area contributed by atoms with E-state index in [-0.39, 0.29) is 16.7 Å². The zero-order valence-electron chi connectivity index (χ0n) is 17.5. The zero-order valence-corrected chi connectivity index (χ0v) is 18.3.